The van der Waals surface area contributed by atoms with Crippen LogP contribution in [0.4, 0.5) is 0 Å². The van der Waals surface area contributed by atoms with Crippen LogP contribution in [0, 0.1) is 13.8 Å². The van der Waals surface area contributed by atoms with Crippen molar-refractivity contribution in [1.82, 2.24) is 15.1 Å². The number of nitrogens with zero attached hydrogens (tertiary/aromatic N) is 2. The Kier molecular flexibility index (Phi) is 4.12. The first kappa shape index (κ1) is 15.3. The SMILES string of the molecule is Cc1nn(C(C)CC(C)(NC2CC2)C(N)=O)c(C)c1Cl. The van der Waals surface area contributed by atoms with E-state index >= 15 is 0 Å². The molecule has 1 amide bonds. The van der Waals surface area contributed by atoms with Crippen LogP contribution in [0.5, 0.6) is 0 Å². The number of aromatic nitrogens is 2. The van der Waals surface area contributed by atoms with Crippen LogP contribution >= 0.6 is 11.6 Å². The normalized spacial score (nSPS) is 19.6. The molecule has 0 bridgehead atoms. The molecule has 1 aliphatic rings. The van der Waals surface area contributed by atoms with E-state index in [-0.39, 0.29) is 11.9 Å². The lowest BCUT2D eigenvalue weighted by Gasteiger charge is -2.31. The third-order valence-corrected chi connectivity index (χ3v) is 4.55. The molecule has 0 radical (unpaired) electrons. The molecule has 0 aliphatic heterocycles. The maximum atomic E-state index is 11.8. The molecule has 0 saturated heterocycles. The fourth-order valence-corrected chi connectivity index (χ4v) is 2.78. The Morgan fingerprint density at radius 1 is 1.60 bits per heavy atom. The lowest BCUT2D eigenvalue weighted by molar-refractivity contribution is -0.124. The van der Waals surface area contributed by atoms with Crippen LogP contribution in [0.15, 0.2) is 0 Å². The minimum Gasteiger partial charge on any atom is -0.368 e. The molecule has 1 aromatic rings. The summed E-state index contributed by atoms with van der Waals surface area (Å²) in [5.74, 6) is -0.316. The van der Waals surface area contributed by atoms with Crippen LogP contribution in [-0.4, -0.2) is 27.3 Å². The van der Waals surface area contributed by atoms with Crippen molar-refractivity contribution < 1.29 is 4.79 Å². The molecule has 0 spiro atoms. The number of halogens is 1. The van der Waals surface area contributed by atoms with Crippen LogP contribution < -0.4 is 11.1 Å². The van der Waals surface area contributed by atoms with Crippen molar-refractivity contribution in [3.63, 3.8) is 0 Å². The Balaban J connectivity index is 2.17. The number of primary amides is 1. The summed E-state index contributed by atoms with van der Waals surface area (Å²) in [6.07, 6.45) is 2.82. The fraction of sp³-hybridized carbons (Fsp3) is 0.714. The molecular weight excluding hydrogens is 276 g/mol. The molecule has 1 aromatic heterocycles. The van der Waals surface area contributed by atoms with Gasteiger partial charge >= 0.3 is 0 Å². The molecule has 112 valence electrons. The second kappa shape index (κ2) is 5.37. The van der Waals surface area contributed by atoms with E-state index in [1.807, 2.05) is 32.4 Å². The van der Waals surface area contributed by atoms with E-state index in [1.54, 1.807) is 0 Å². The van der Waals surface area contributed by atoms with Gasteiger partial charge in [-0.25, -0.2) is 0 Å². The summed E-state index contributed by atoms with van der Waals surface area (Å²) in [5, 5.41) is 8.50. The molecule has 1 heterocycles. The van der Waals surface area contributed by atoms with E-state index in [9.17, 15) is 4.79 Å². The van der Waals surface area contributed by atoms with Gasteiger partial charge in [0.1, 0.15) is 0 Å². The van der Waals surface area contributed by atoms with Gasteiger partial charge in [-0.05, 0) is 47.0 Å². The van der Waals surface area contributed by atoms with Gasteiger partial charge in [0.25, 0.3) is 0 Å². The van der Waals surface area contributed by atoms with Gasteiger partial charge in [0.2, 0.25) is 5.91 Å². The quantitative estimate of drug-likeness (QED) is 0.845. The average molecular weight is 299 g/mol. The van der Waals surface area contributed by atoms with Gasteiger partial charge < -0.3 is 11.1 Å². The monoisotopic (exact) mass is 298 g/mol. The van der Waals surface area contributed by atoms with Gasteiger partial charge in [-0.3, -0.25) is 9.48 Å². The number of rotatable bonds is 6. The number of hydrogen-bond acceptors (Lipinski definition) is 3. The Bertz CT molecular complexity index is 523. The first-order chi connectivity index (χ1) is 9.24. The third-order valence-electron chi connectivity index (χ3n) is 4.00. The maximum Gasteiger partial charge on any atom is 0.237 e. The smallest absolute Gasteiger partial charge is 0.237 e. The van der Waals surface area contributed by atoms with Crippen LogP contribution in [0.1, 0.15) is 50.5 Å². The van der Waals surface area contributed by atoms with Crippen molar-refractivity contribution in [2.45, 2.75) is 64.6 Å². The molecule has 3 N–H and O–H groups in total. The first-order valence-corrected chi connectivity index (χ1v) is 7.41. The predicted molar refractivity (Wildman–Crippen MR) is 79.8 cm³/mol. The molecule has 2 atom stereocenters. The van der Waals surface area contributed by atoms with Crippen molar-refractivity contribution in [1.29, 1.82) is 0 Å². The number of nitrogens with one attached hydrogen (secondary N) is 1. The Morgan fingerprint density at radius 3 is 2.60 bits per heavy atom. The van der Waals surface area contributed by atoms with Crippen LogP contribution in [-0.2, 0) is 4.79 Å². The van der Waals surface area contributed by atoms with E-state index in [1.165, 1.54) is 0 Å². The molecule has 1 aliphatic carbocycles. The fourth-order valence-electron chi connectivity index (χ4n) is 2.66. The number of carbonyl (C=O) groups excluding carboxylic acids is 1. The van der Waals surface area contributed by atoms with Crippen molar-refractivity contribution >= 4 is 17.5 Å². The molecule has 2 unspecified atom stereocenters. The lowest BCUT2D eigenvalue weighted by atomic mass is 9.92. The van der Waals surface area contributed by atoms with Crippen LogP contribution in [0.3, 0.4) is 0 Å². The molecule has 0 aromatic carbocycles. The summed E-state index contributed by atoms with van der Waals surface area (Å²) >= 11 is 6.18. The standard InChI is InChI=1S/C14H23ClN4O/c1-8(19-10(3)12(15)9(2)18-19)7-14(4,13(16)20)17-11-5-6-11/h8,11,17H,5-7H2,1-4H3,(H2,16,20). The molecule has 2 rings (SSSR count). The van der Waals surface area contributed by atoms with Crippen molar-refractivity contribution in [2.75, 3.05) is 0 Å². The van der Waals surface area contributed by atoms with Gasteiger partial charge in [0.15, 0.2) is 0 Å². The van der Waals surface area contributed by atoms with E-state index in [0.29, 0.717) is 17.5 Å². The Labute approximate surface area is 124 Å². The van der Waals surface area contributed by atoms with Gasteiger partial charge in [0.05, 0.1) is 28.0 Å². The van der Waals surface area contributed by atoms with E-state index in [4.69, 9.17) is 17.3 Å². The number of amides is 1. The maximum absolute atomic E-state index is 11.8. The molecule has 6 heteroatoms. The molecule has 5 nitrogen and oxygen atoms in total. The minimum absolute atomic E-state index is 0.0462. The van der Waals surface area contributed by atoms with Crippen molar-refractivity contribution in [3.8, 4) is 0 Å². The topological polar surface area (TPSA) is 72.9 Å². The highest BCUT2D eigenvalue weighted by Gasteiger charge is 2.38. The lowest BCUT2D eigenvalue weighted by Crippen LogP contribution is -2.55. The number of carbonyl (C=O) groups is 1. The zero-order valence-electron chi connectivity index (χ0n) is 12.5. The molecule has 1 fully saturated rings. The Morgan fingerprint density at radius 2 is 2.20 bits per heavy atom. The Hall–Kier alpha value is -1.07. The summed E-state index contributed by atoms with van der Waals surface area (Å²) in [5.41, 5.74) is 6.62. The minimum atomic E-state index is -0.709. The summed E-state index contributed by atoms with van der Waals surface area (Å²) in [6, 6.07) is 0.466. The van der Waals surface area contributed by atoms with Crippen molar-refractivity contribution in [2.24, 2.45) is 5.73 Å². The van der Waals surface area contributed by atoms with Gasteiger partial charge in [-0.15, -0.1) is 0 Å². The highest BCUT2D eigenvalue weighted by molar-refractivity contribution is 6.31. The average Bonchev–Trinajstić information content (AvgIpc) is 3.12. The zero-order valence-corrected chi connectivity index (χ0v) is 13.3. The molecule has 1 saturated carbocycles. The summed E-state index contributed by atoms with van der Waals surface area (Å²) in [7, 11) is 0. The number of hydrogen-bond donors (Lipinski definition) is 2. The largest absolute Gasteiger partial charge is 0.368 e. The van der Waals surface area contributed by atoms with Crippen molar-refractivity contribution in [3.05, 3.63) is 16.4 Å². The van der Waals surface area contributed by atoms with E-state index in [0.717, 1.165) is 24.2 Å². The highest BCUT2D eigenvalue weighted by Crippen LogP contribution is 2.29. The summed E-state index contributed by atoms with van der Waals surface area (Å²) in [4.78, 5) is 11.8. The summed E-state index contributed by atoms with van der Waals surface area (Å²) in [6.45, 7) is 7.73. The van der Waals surface area contributed by atoms with Crippen LogP contribution in [0.2, 0.25) is 5.02 Å². The van der Waals surface area contributed by atoms with Gasteiger partial charge in [0, 0.05) is 6.04 Å². The van der Waals surface area contributed by atoms with E-state index in [2.05, 4.69) is 10.4 Å². The second-order valence-corrected chi connectivity index (χ2v) is 6.48. The van der Waals surface area contributed by atoms with Gasteiger partial charge in [-0.1, -0.05) is 11.6 Å². The zero-order chi connectivity index (χ0) is 15.1. The molecule has 20 heavy (non-hydrogen) atoms. The number of aryl methyl sites for hydroxylation is 1. The second-order valence-electron chi connectivity index (χ2n) is 6.10. The third kappa shape index (κ3) is 2.99. The van der Waals surface area contributed by atoms with Crippen LogP contribution in [0.25, 0.3) is 0 Å². The van der Waals surface area contributed by atoms with E-state index < -0.39 is 5.54 Å². The van der Waals surface area contributed by atoms with Gasteiger partial charge in [-0.2, -0.15) is 5.10 Å². The predicted octanol–water partition coefficient (Wildman–Crippen LogP) is 2.10. The summed E-state index contributed by atoms with van der Waals surface area (Å²) < 4.78 is 1.88. The number of nitrogens with two attached hydrogens (primary N) is 1. The highest BCUT2D eigenvalue weighted by atomic mass is 35.5. The first-order valence-electron chi connectivity index (χ1n) is 7.03. The molecular formula is C14H23ClN4O.